The number of rotatable bonds is 7. The van der Waals surface area contributed by atoms with Crippen LogP contribution >= 0.6 is 0 Å². The van der Waals surface area contributed by atoms with Crippen molar-refractivity contribution in [2.75, 3.05) is 72.7 Å². The quantitative estimate of drug-likeness (QED) is 0.550. The molecular formula is C24H37N3O7. The number of carbonyl (C=O) groups excluding carboxylic acids is 1. The lowest BCUT2D eigenvalue weighted by molar-refractivity contribution is -0.135. The second-order valence-corrected chi connectivity index (χ2v) is 8.61. The Hall–Kier alpha value is -2.69. The lowest BCUT2D eigenvalue weighted by Gasteiger charge is -2.29. The summed E-state index contributed by atoms with van der Waals surface area (Å²) < 4.78 is 10.6. The molecule has 1 unspecified atom stereocenters. The van der Waals surface area contributed by atoms with Crippen LogP contribution in [0.3, 0.4) is 0 Å². The number of benzene rings is 1. The molecule has 34 heavy (non-hydrogen) atoms. The number of likely N-dealkylation sites (tertiary alicyclic amines) is 2. The van der Waals surface area contributed by atoms with Crippen LogP contribution in [0, 0.1) is 5.41 Å². The van der Waals surface area contributed by atoms with E-state index in [9.17, 15) is 4.79 Å². The monoisotopic (exact) mass is 479 g/mol. The highest BCUT2D eigenvalue weighted by atomic mass is 16.5. The second-order valence-electron chi connectivity index (χ2n) is 8.61. The maximum Gasteiger partial charge on any atom is 0.290 e. The summed E-state index contributed by atoms with van der Waals surface area (Å²) in [6, 6.07) is 8.32. The van der Waals surface area contributed by atoms with Crippen molar-refractivity contribution in [3.63, 3.8) is 0 Å². The average Bonchev–Trinajstić information content (AvgIpc) is 3.42. The van der Waals surface area contributed by atoms with Crippen LogP contribution in [0.1, 0.15) is 18.4 Å². The first-order chi connectivity index (χ1) is 16.5. The smallest absolute Gasteiger partial charge is 0.290 e. The first-order valence-corrected chi connectivity index (χ1v) is 11.6. The Kier molecular flexibility index (Phi) is 11.8. The van der Waals surface area contributed by atoms with E-state index in [1.165, 1.54) is 5.56 Å². The van der Waals surface area contributed by atoms with Gasteiger partial charge in [-0.1, -0.05) is 12.1 Å². The number of amides is 1. The molecule has 0 saturated carbocycles. The third-order valence-corrected chi connectivity index (χ3v) is 6.70. The largest absolute Gasteiger partial charge is 0.497 e. The highest BCUT2D eigenvalue weighted by Crippen LogP contribution is 2.40. The highest BCUT2D eigenvalue weighted by molar-refractivity contribution is 5.85. The van der Waals surface area contributed by atoms with Crippen molar-refractivity contribution in [2.45, 2.75) is 19.3 Å². The van der Waals surface area contributed by atoms with Gasteiger partial charge < -0.3 is 29.5 Å². The van der Waals surface area contributed by atoms with Crippen LogP contribution in [0.5, 0.6) is 5.75 Å². The average molecular weight is 480 g/mol. The number of carboxylic acid groups (broad SMARTS) is 2. The zero-order valence-corrected chi connectivity index (χ0v) is 19.9. The van der Waals surface area contributed by atoms with E-state index in [-0.39, 0.29) is 18.4 Å². The van der Waals surface area contributed by atoms with Gasteiger partial charge in [-0.2, -0.15) is 0 Å². The van der Waals surface area contributed by atoms with Gasteiger partial charge >= 0.3 is 0 Å². The van der Waals surface area contributed by atoms with Gasteiger partial charge in [0.05, 0.1) is 25.7 Å². The zero-order valence-electron chi connectivity index (χ0n) is 19.9. The molecule has 1 aromatic rings. The maximum absolute atomic E-state index is 13.1. The van der Waals surface area contributed by atoms with E-state index in [2.05, 4.69) is 26.8 Å². The molecule has 190 valence electrons. The highest BCUT2D eigenvalue weighted by Gasteiger charge is 2.50. The van der Waals surface area contributed by atoms with E-state index in [0.717, 1.165) is 90.6 Å². The zero-order chi connectivity index (χ0) is 24.8. The molecule has 0 aliphatic carbocycles. The topological polar surface area (TPSA) is 120 Å². The number of methoxy groups -OCH3 is 1. The fraction of sp³-hybridized carbons (Fsp3) is 0.625. The molecule has 1 atom stereocenters. The third kappa shape index (κ3) is 7.96. The van der Waals surface area contributed by atoms with Gasteiger partial charge in [0.25, 0.3) is 12.9 Å². The van der Waals surface area contributed by atoms with Crippen LogP contribution in [-0.4, -0.2) is 116 Å². The van der Waals surface area contributed by atoms with Gasteiger partial charge in [-0.15, -0.1) is 0 Å². The standard InChI is InChI=1S/C22H33N3O3.2CH2O2/c1-27-20-4-2-19(3-5-20)6-9-24-10-7-22(18-24)8-11-25(21(22)26)13-12-23-14-16-28-17-15-23;2*2-1-3/h2-5H,6-18H2,1H3;2*1H,(H,2,3). The number of nitrogens with zero attached hydrogens (tertiary/aromatic N) is 3. The summed E-state index contributed by atoms with van der Waals surface area (Å²) in [5, 5.41) is 13.8. The summed E-state index contributed by atoms with van der Waals surface area (Å²) in [5.74, 6) is 1.30. The normalized spacial score (nSPS) is 22.5. The number of hydrogen-bond acceptors (Lipinski definition) is 7. The summed E-state index contributed by atoms with van der Waals surface area (Å²) in [4.78, 5) is 36.9. The lowest BCUT2D eigenvalue weighted by Crippen LogP contribution is -2.43. The van der Waals surface area contributed by atoms with Gasteiger partial charge in [0.2, 0.25) is 5.91 Å². The minimum absolute atomic E-state index is 0.120. The Labute approximate surface area is 201 Å². The molecule has 0 aromatic heterocycles. The SMILES string of the molecule is COc1ccc(CCN2CCC3(CCN(CCN4CCOCC4)C3=O)C2)cc1.O=CO.O=CO. The summed E-state index contributed by atoms with van der Waals surface area (Å²) in [7, 11) is 1.70. The molecule has 3 aliphatic heterocycles. The first kappa shape index (κ1) is 27.6. The van der Waals surface area contributed by atoms with E-state index < -0.39 is 0 Å². The summed E-state index contributed by atoms with van der Waals surface area (Å²) >= 11 is 0. The van der Waals surface area contributed by atoms with Crippen LogP contribution in [0.2, 0.25) is 0 Å². The maximum atomic E-state index is 13.1. The predicted octanol–water partition coefficient (Wildman–Crippen LogP) is 0.896. The van der Waals surface area contributed by atoms with E-state index in [1.807, 2.05) is 12.1 Å². The Morgan fingerprint density at radius 1 is 0.941 bits per heavy atom. The van der Waals surface area contributed by atoms with Crippen molar-refractivity contribution in [3.05, 3.63) is 29.8 Å². The molecule has 3 saturated heterocycles. The molecule has 0 radical (unpaired) electrons. The summed E-state index contributed by atoms with van der Waals surface area (Å²) in [6.07, 6.45) is 3.06. The fourth-order valence-electron chi connectivity index (χ4n) is 4.80. The number of hydrogen-bond donors (Lipinski definition) is 2. The van der Waals surface area contributed by atoms with Gasteiger partial charge in [0.15, 0.2) is 0 Å². The Morgan fingerprint density at radius 3 is 2.18 bits per heavy atom. The molecule has 10 heteroatoms. The molecule has 4 rings (SSSR count). The van der Waals surface area contributed by atoms with Gasteiger partial charge in [-0.05, 0) is 43.5 Å². The van der Waals surface area contributed by atoms with Crippen LogP contribution in [0.15, 0.2) is 24.3 Å². The van der Waals surface area contributed by atoms with Gasteiger partial charge in [-0.25, -0.2) is 0 Å². The van der Waals surface area contributed by atoms with Crippen LogP contribution in [0.25, 0.3) is 0 Å². The Balaban J connectivity index is 0.000000618. The molecule has 3 fully saturated rings. The summed E-state index contributed by atoms with van der Waals surface area (Å²) in [5.41, 5.74) is 1.21. The van der Waals surface area contributed by atoms with Crippen molar-refractivity contribution in [1.29, 1.82) is 0 Å². The summed E-state index contributed by atoms with van der Waals surface area (Å²) in [6.45, 7) is 8.89. The fourth-order valence-corrected chi connectivity index (χ4v) is 4.80. The van der Waals surface area contributed by atoms with Crippen LogP contribution in [0.4, 0.5) is 0 Å². The van der Waals surface area contributed by atoms with Gasteiger partial charge in [0, 0.05) is 45.8 Å². The van der Waals surface area contributed by atoms with Crippen molar-refractivity contribution < 1.29 is 34.1 Å². The molecular weight excluding hydrogens is 442 g/mol. The van der Waals surface area contributed by atoms with Gasteiger partial charge in [-0.3, -0.25) is 19.3 Å². The lowest BCUT2D eigenvalue weighted by atomic mass is 9.85. The molecule has 1 spiro atoms. The van der Waals surface area contributed by atoms with Crippen molar-refractivity contribution in [3.8, 4) is 5.75 Å². The number of carbonyl (C=O) groups is 3. The number of ether oxygens (including phenoxy) is 2. The van der Waals surface area contributed by atoms with Crippen molar-refractivity contribution in [2.24, 2.45) is 5.41 Å². The molecule has 3 heterocycles. The molecule has 2 N–H and O–H groups in total. The molecule has 10 nitrogen and oxygen atoms in total. The second kappa shape index (κ2) is 14.5. The minimum atomic E-state index is -0.250. The minimum Gasteiger partial charge on any atom is -0.497 e. The van der Waals surface area contributed by atoms with Crippen LogP contribution < -0.4 is 4.74 Å². The predicted molar refractivity (Wildman–Crippen MR) is 126 cm³/mol. The van der Waals surface area contributed by atoms with E-state index in [4.69, 9.17) is 29.3 Å². The Bertz CT molecular complexity index is 749. The van der Waals surface area contributed by atoms with Crippen LogP contribution in [-0.2, 0) is 25.5 Å². The Morgan fingerprint density at radius 2 is 1.56 bits per heavy atom. The third-order valence-electron chi connectivity index (χ3n) is 6.70. The van der Waals surface area contributed by atoms with E-state index >= 15 is 0 Å². The van der Waals surface area contributed by atoms with Crippen molar-refractivity contribution in [1.82, 2.24) is 14.7 Å². The number of morpholine rings is 1. The molecule has 0 bridgehead atoms. The molecule has 1 amide bonds. The first-order valence-electron chi connectivity index (χ1n) is 11.6. The molecule has 3 aliphatic rings. The van der Waals surface area contributed by atoms with E-state index in [1.54, 1.807) is 7.11 Å². The molecule has 1 aromatic carbocycles. The van der Waals surface area contributed by atoms with E-state index in [0.29, 0.717) is 5.91 Å². The van der Waals surface area contributed by atoms with Crippen molar-refractivity contribution >= 4 is 18.9 Å². The van der Waals surface area contributed by atoms with Gasteiger partial charge in [0.1, 0.15) is 5.75 Å².